The van der Waals surface area contributed by atoms with Crippen molar-refractivity contribution in [2.45, 2.75) is 11.8 Å². The predicted molar refractivity (Wildman–Crippen MR) is 123 cm³/mol. The molecule has 0 aliphatic heterocycles. The Balaban J connectivity index is 0.000000451. The van der Waals surface area contributed by atoms with Gasteiger partial charge in [0.25, 0.3) is 0 Å². The Morgan fingerprint density at radius 1 is 1.16 bits per heavy atom. The molecule has 3 rings (SSSR count). The first-order chi connectivity index (χ1) is 15.3. The van der Waals surface area contributed by atoms with Gasteiger partial charge in [0.1, 0.15) is 6.54 Å². The molecule has 8 nitrogen and oxygen atoms in total. The summed E-state index contributed by atoms with van der Waals surface area (Å²) in [5.41, 5.74) is 2.50. The Kier molecular flexibility index (Phi) is 9.00. The van der Waals surface area contributed by atoms with Crippen LogP contribution < -0.4 is 4.72 Å². The van der Waals surface area contributed by atoms with E-state index in [9.17, 15) is 13.2 Å². The number of aliphatic carboxylic acids is 1. The number of aromatic nitrogens is 2. The van der Waals surface area contributed by atoms with Crippen LogP contribution in [0.2, 0.25) is 0 Å². The van der Waals surface area contributed by atoms with Gasteiger partial charge in [-0.2, -0.15) is 0 Å². The minimum absolute atomic E-state index is 0.0553. The number of carboxylic acids is 1. The summed E-state index contributed by atoms with van der Waals surface area (Å²) >= 11 is 0. The summed E-state index contributed by atoms with van der Waals surface area (Å²) in [6, 6.07) is 9.39. The number of hydrogen-bond acceptors (Lipinski definition) is 6. The van der Waals surface area contributed by atoms with E-state index in [1.807, 2.05) is 48.7 Å². The van der Waals surface area contributed by atoms with Gasteiger partial charge in [0.2, 0.25) is 0 Å². The van der Waals surface area contributed by atoms with Crippen LogP contribution in [0.4, 0.5) is 0 Å². The van der Waals surface area contributed by atoms with Crippen LogP contribution in [0.3, 0.4) is 0 Å². The van der Waals surface area contributed by atoms with Crippen LogP contribution >= 0.6 is 0 Å². The molecule has 0 atom stereocenters. The summed E-state index contributed by atoms with van der Waals surface area (Å²) in [5.74, 6) is 3.13. The van der Waals surface area contributed by atoms with Crippen molar-refractivity contribution in [2.24, 2.45) is 0 Å². The van der Waals surface area contributed by atoms with E-state index in [-0.39, 0.29) is 10.8 Å². The molecular weight excluding hydrogens is 429 g/mol. The zero-order valence-electron chi connectivity index (χ0n) is 17.4. The number of nitrogens with one attached hydrogen (secondary N) is 1. The van der Waals surface area contributed by atoms with Gasteiger partial charge >= 0.3 is 127 Å². The zero-order chi connectivity index (χ0) is 23.6. The molecule has 164 valence electrons. The van der Waals surface area contributed by atoms with Crippen molar-refractivity contribution in [1.29, 1.82) is 0 Å². The molecule has 32 heavy (non-hydrogen) atoms. The van der Waals surface area contributed by atoms with E-state index < -0.39 is 22.5 Å². The second kappa shape index (κ2) is 11.7. The molecule has 0 bridgehead atoms. The van der Waals surface area contributed by atoms with Crippen LogP contribution in [0.25, 0.3) is 22.8 Å². The average molecular weight is 451 g/mol. The molecule has 3 aromatic rings. The molecule has 10 heteroatoms. The van der Waals surface area contributed by atoms with Gasteiger partial charge in [0, 0.05) is 0 Å². The second-order valence-corrected chi connectivity index (χ2v) is 8.15. The predicted octanol–water partition coefficient (Wildman–Crippen LogP) is 3.41. The Morgan fingerprint density at radius 2 is 1.81 bits per heavy atom. The number of sulfonamides is 1. The molecule has 2 aromatic heterocycles. The third kappa shape index (κ3) is 7.26. The first kappa shape index (κ1) is 24.6. The zero-order valence-corrected chi connectivity index (χ0v) is 18.2. The standard InChI is InChI=1S/C15H12BN3O5S.C7H10/c20-13(21)9-17-25(22,23)12-3-1-11(2-4-12)15-18-14(19-24-15)10-5-7-16-8-6-10;1-4-6-7(3)5-2/h1-8,17H,9H2,(H,20,21);4-6H,1-2H2,3H3/b;7-6-. The first-order valence-electron chi connectivity index (χ1n) is 9.39. The molecule has 0 saturated carbocycles. The monoisotopic (exact) mass is 451 g/mol. The van der Waals surface area contributed by atoms with Gasteiger partial charge in [-0.3, -0.25) is 4.79 Å². The SMILES string of the molecule is C=C/C=C(/C)C=C.O=C(O)CNS(=O)(=O)c1ccc(-c2nc(-c3ccbcc3)no2)cc1. The van der Waals surface area contributed by atoms with Crippen molar-refractivity contribution in [3.63, 3.8) is 0 Å². The van der Waals surface area contributed by atoms with E-state index in [1.54, 1.807) is 12.2 Å². The van der Waals surface area contributed by atoms with Gasteiger partial charge < -0.3 is 5.11 Å². The van der Waals surface area contributed by atoms with E-state index in [0.29, 0.717) is 11.4 Å². The summed E-state index contributed by atoms with van der Waals surface area (Å²) in [5, 5.41) is 12.5. The number of allylic oxidation sites excluding steroid dienone is 4. The van der Waals surface area contributed by atoms with Gasteiger partial charge in [-0.15, -0.1) is 0 Å². The third-order valence-electron chi connectivity index (χ3n) is 3.99. The molecule has 0 fully saturated rings. The quantitative estimate of drug-likeness (QED) is 0.503. The van der Waals surface area contributed by atoms with Gasteiger partial charge in [0.05, 0.1) is 0 Å². The maximum absolute atomic E-state index is 11.9. The summed E-state index contributed by atoms with van der Waals surface area (Å²) in [6.45, 7) is 10.3. The van der Waals surface area contributed by atoms with Crippen LogP contribution in [-0.4, -0.2) is 43.1 Å². The number of benzene rings is 1. The molecular formula is C22H22BN3O5S. The van der Waals surface area contributed by atoms with Crippen LogP contribution in [-0.2, 0) is 14.8 Å². The normalized spacial score (nSPS) is 11.1. The Bertz CT molecular complexity index is 1200. The second-order valence-electron chi connectivity index (χ2n) is 6.38. The number of carbonyl (C=O) groups is 1. The molecule has 0 radical (unpaired) electrons. The fourth-order valence-electron chi connectivity index (χ4n) is 2.32. The molecule has 0 saturated heterocycles. The van der Waals surface area contributed by atoms with Gasteiger partial charge in [-0.05, 0) is 6.92 Å². The van der Waals surface area contributed by atoms with Gasteiger partial charge in [0.15, 0.2) is 0 Å². The van der Waals surface area contributed by atoms with Crippen molar-refractivity contribution < 1.29 is 22.8 Å². The summed E-state index contributed by atoms with van der Waals surface area (Å²) < 4.78 is 31.1. The van der Waals surface area contributed by atoms with Crippen LogP contribution in [0.5, 0.6) is 0 Å². The molecule has 0 aliphatic rings. The minimum atomic E-state index is -3.89. The first-order valence-corrected chi connectivity index (χ1v) is 10.9. The van der Waals surface area contributed by atoms with E-state index >= 15 is 0 Å². The van der Waals surface area contributed by atoms with Crippen molar-refractivity contribution in [3.8, 4) is 22.8 Å². The van der Waals surface area contributed by atoms with Gasteiger partial charge in [-0.25, -0.2) is 0 Å². The number of rotatable bonds is 8. The van der Waals surface area contributed by atoms with E-state index in [0.717, 1.165) is 11.1 Å². The van der Waals surface area contributed by atoms with Crippen LogP contribution in [0.1, 0.15) is 6.92 Å². The van der Waals surface area contributed by atoms with E-state index in [4.69, 9.17) is 9.63 Å². The Hall–Kier alpha value is -3.63. The maximum atomic E-state index is 11.9. The van der Waals surface area contributed by atoms with E-state index in [1.165, 1.54) is 24.3 Å². The van der Waals surface area contributed by atoms with Crippen molar-refractivity contribution in [3.05, 3.63) is 85.3 Å². The molecule has 0 unspecified atom stereocenters. The summed E-state index contributed by atoms with van der Waals surface area (Å²) in [4.78, 5) is 14.7. The fraction of sp³-hybridized carbons (Fsp3) is 0.0909. The molecule has 0 spiro atoms. The van der Waals surface area contributed by atoms with Crippen molar-refractivity contribution in [1.82, 2.24) is 14.9 Å². The van der Waals surface area contributed by atoms with Crippen molar-refractivity contribution >= 4 is 22.9 Å². The number of carboxylic acid groups (broad SMARTS) is 1. The topological polar surface area (TPSA) is 122 Å². The van der Waals surface area contributed by atoms with Crippen molar-refractivity contribution in [2.75, 3.05) is 6.54 Å². The number of nitrogens with zero attached hydrogens (tertiary/aromatic N) is 2. The fourth-order valence-corrected chi connectivity index (χ4v) is 3.29. The molecule has 0 aliphatic carbocycles. The number of hydrogen-bond donors (Lipinski definition) is 2. The Morgan fingerprint density at radius 3 is 2.34 bits per heavy atom. The van der Waals surface area contributed by atoms with Crippen LogP contribution in [0, 0.1) is 0 Å². The third-order valence-corrected chi connectivity index (χ3v) is 5.40. The summed E-state index contributed by atoms with van der Waals surface area (Å²) in [6.07, 6.45) is 5.45. The molecule has 2 heterocycles. The average Bonchev–Trinajstić information content (AvgIpc) is 3.29. The van der Waals surface area contributed by atoms with E-state index in [2.05, 4.69) is 23.3 Å². The van der Waals surface area contributed by atoms with Gasteiger partial charge in [-0.1, -0.05) is 37.0 Å². The molecule has 2 N–H and O–H groups in total. The Labute approximate surface area is 187 Å². The molecule has 1 aromatic carbocycles. The van der Waals surface area contributed by atoms with Crippen LogP contribution in [0.15, 0.2) is 94.7 Å². The summed E-state index contributed by atoms with van der Waals surface area (Å²) in [7, 11) is -3.89. The molecule has 0 amide bonds.